The first-order valence-corrected chi connectivity index (χ1v) is 5.41. The van der Waals surface area contributed by atoms with Crippen molar-refractivity contribution in [3.63, 3.8) is 0 Å². The number of rotatable bonds is 7. The van der Waals surface area contributed by atoms with Crippen LogP contribution in [0.1, 0.15) is 51.0 Å². The van der Waals surface area contributed by atoms with E-state index in [1.165, 1.54) is 50.5 Å². The number of nitrogens with zero attached hydrogens (tertiary/aromatic N) is 1. The SMILES string of the molecule is CCCCCCCCc1cn[nH]c1. The lowest BCUT2D eigenvalue weighted by molar-refractivity contribution is 0.607. The maximum atomic E-state index is 3.93. The highest BCUT2D eigenvalue weighted by atomic mass is 15.1. The Morgan fingerprint density at radius 1 is 1.15 bits per heavy atom. The van der Waals surface area contributed by atoms with E-state index in [1.807, 2.05) is 12.4 Å². The number of unbranched alkanes of at least 4 members (excludes halogenated alkanes) is 5. The van der Waals surface area contributed by atoms with Gasteiger partial charge in [0.05, 0.1) is 6.20 Å². The van der Waals surface area contributed by atoms with Crippen molar-refractivity contribution in [3.8, 4) is 0 Å². The zero-order chi connectivity index (χ0) is 9.36. The Kier molecular flexibility index (Phi) is 5.30. The van der Waals surface area contributed by atoms with Crippen molar-refractivity contribution in [2.75, 3.05) is 0 Å². The predicted octanol–water partition coefficient (Wildman–Crippen LogP) is 3.31. The van der Waals surface area contributed by atoms with E-state index in [9.17, 15) is 0 Å². The number of aryl methyl sites for hydroxylation is 1. The van der Waals surface area contributed by atoms with Crippen molar-refractivity contribution in [1.82, 2.24) is 10.2 Å². The van der Waals surface area contributed by atoms with Crippen molar-refractivity contribution in [1.29, 1.82) is 0 Å². The van der Waals surface area contributed by atoms with E-state index in [0.29, 0.717) is 0 Å². The largest absolute Gasteiger partial charge is 0.285 e. The number of aromatic nitrogens is 2. The molecular formula is C11H20N2. The minimum absolute atomic E-state index is 1.18. The summed E-state index contributed by atoms with van der Waals surface area (Å²) in [5.74, 6) is 0. The Bertz CT molecular complexity index is 192. The van der Waals surface area contributed by atoms with Gasteiger partial charge in [-0.15, -0.1) is 0 Å². The summed E-state index contributed by atoms with van der Waals surface area (Å²) in [6.07, 6.45) is 13.3. The zero-order valence-electron chi connectivity index (χ0n) is 8.55. The molecule has 0 aliphatic carbocycles. The fourth-order valence-electron chi connectivity index (χ4n) is 1.52. The molecule has 13 heavy (non-hydrogen) atoms. The summed E-state index contributed by atoms with van der Waals surface area (Å²) in [5.41, 5.74) is 1.34. The fraction of sp³-hybridized carbons (Fsp3) is 0.727. The Morgan fingerprint density at radius 3 is 2.62 bits per heavy atom. The molecule has 1 N–H and O–H groups in total. The van der Waals surface area contributed by atoms with Gasteiger partial charge in [0.1, 0.15) is 0 Å². The lowest BCUT2D eigenvalue weighted by Crippen LogP contribution is -1.83. The molecule has 0 aliphatic heterocycles. The fourth-order valence-corrected chi connectivity index (χ4v) is 1.52. The highest BCUT2D eigenvalue weighted by Gasteiger charge is 1.93. The van der Waals surface area contributed by atoms with Gasteiger partial charge in [-0.3, -0.25) is 5.10 Å². The Balaban J connectivity index is 1.90. The normalized spacial score (nSPS) is 10.5. The van der Waals surface area contributed by atoms with E-state index >= 15 is 0 Å². The van der Waals surface area contributed by atoms with Crippen molar-refractivity contribution < 1.29 is 0 Å². The number of H-pyrrole nitrogens is 1. The maximum Gasteiger partial charge on any atom is 0.0519 e. The van der Waals surface area contributed by atoms with Gasteiger partial charge in [-0.1, -0.05) is 39.0 Å². The molecule has 1 aromatic rings. The smallest absolute Gasteiger partial charge is 0.0519 e. The zero-order valence-corrected chi connectivity index (χ0v) is 8.55. The highest BCUT2D eigenvalue weighted by molar-refractivity contribution is 5.01. The first kappa shape index (κ1) is 10.3. The molecule has 0 spiro atoms. The summed E-state index contributed by atoms with van der Waals surface area (Å²) >= 11 is 0. The van der Waals surface area contributed by atoms with Crippen LogP contribution in [0.25, 0.3) is 0 Å². The molecule has 2 nitrogen and oxygen atoms in total. The van der Waals surface area contributed by atoms with Gasteiger partial charge in [0, 0.05) is 6.20 Å². The van der Waals surface area contributed by atoms with Gasteiger partial charge in [-0.25, -0.2) is 0 Å². The molecule has 0 aliphatic rings. The summed E-state index contributed by atoms with van der Waals surface area (Å²) in [6.45, 7) is 2.26. The topological polar surface area (TPSA) is 28.7 Å². The molecule has 0 fully saturated rings. The summed E-state index contributed by atoms with van der Waals surface area (Å²) in [5, 5.41) is 6.77. The molecule has 0 atom stereocenters. The van der Waals surface area contributed by atoms with Crippen LogP contribution in [0.15, 0.2) is 12.4 Å². The van der Waals surface area contributed by atoms with E-state index in [4.69, 9.17) is 0 Å². The third-order valence-electron chi connectivity index (χ3n) is 2.37. The molecule has 2 heteroatoms. The number of nitrogens with one attached hydrogen (secondary N) is 1. The van der Waals surface area contributed by atoms with Gasteiger partial charge in [-0.05, 0) is 18.4 Å². The quantitative estimate of drug-likeness (QED) is 0.641. The monoisotopic (exact) mass is 180 g/mol. The van der Waals surface area contributed by atoms with Crippen LogP contribution in [0, 0.1) is 0 Å². The van der Waals surface area contributed by atoms with Crippen LogP contribution in [0.3, 0.4) is 0 Å². The van der Waals surface area contributed by atoms with Crippen LogP contribution in [0.2, 0.25) is 0 Å². The minimum atomic E-state index is 1.18. The van der Waals surface area contributed by atoms with Crippen molar-refractivity contribution in [2.24, 2.45) is 0 Å². The molecule has 74 valence electrons. The first-order chi connectivity index (χ1) is 6.43. The molecule has 0 amide bonds. The van der Waals surface area contributed by atoms with Gasteiger partial charge in [-0.2, -0.15) is 5.10 Å². The molecule has 1 rings (SSSR count). The molecule has 0 bridgehead atoms. The Morgan fingerprint density at radius 2 is 1.92 bits per heavy atom. The molecule has 0 aromatic carbocycles. The number of hydrogen-bond acceptors (Lipinski definition) is 1. The van der Waals surface area contributed by atoms with Crippen LogP contribution in [0.4, 0.5) is 0 Å². The van der Waals surface area contributed by atoms with Crippen LogP contribution < -0.4 is 0 Å². The van der Waals surface area contributed by atoms with E-state index in [1.54, 1.807) is 0 Å². The van der Waals surface area contributed by atoms with Crippen molar-refractivity contribution in [2.45, 2.75) is 51.9 Å². The van der Waals surface area contributed by atoms with Crippen molar-refractivity contribution in [3.05, 3.63) is 18.0 Å². The molecular weight excluding hydrogens is 160 g/mol. The predicted molar refractivity (Wildman–Crippen MR) is 55.7 cm³/mol. The second-order valence-electron chi connectivity index (χ2n) is 3.62. The lowest BCUT2D eigenvalue weighted by Gasteiger charge is -1.98. The van der Waals surface area contributed by atoms with E-state index in [-0.39, 0.29) is 0 Å². The van der Waals surface area contributed by atoms with Gasteiger partial charge < -0.3 is 0 Å². The van der Waals surface area contributed by atoms with Gasteiger partial charge in [0.15, 0.2) is 0 Å². The number of hydrogen-bond donors (Lipinski definition) is 1. The summed E-state index contributed by atoms with van der Waals surface area (Å²) in [6, 6.07) is 0. The van der Waals surface area contributed by atoms with Gasteiger partial charge in [0.2, 0.25) is 0 Å². The first-order valence-electron chi connectivity index (χ1n) is 5.41. The second kappa shape index (κ2) is 6.70. The van der Waals surface area contributed by atoms with Crippen LogP contribution >= 0.6 is 0 Å². The lowest BCUT2D eigenvalue weighted by atomic mass is 10.1. The molecule has 0 saturated carbocycles. The van der Waals surface area contributed by atoms with Gasteiger partial charge in [0.25, 0.3) is 0 Å². The van der Waals surface area contributed by atoms with E-state index < -0.39 is 0 Å². The minimum Gasteiger partial charge on any atom is -0.285 e. The maximum absolute atomic E-state index is 3.93. The average Bonchev–Trinajstić information content (AvgIpc) is 2.63. The van der Waals surface area contributed by atoms with Crippen molar-refractivity contribution >= 4 is 0 Å². The Hall–Kier alpha value is -0.790. The average molecular weight is 180 g/mol. The van der Waals surface area contributed by atoms with E-state index in [2.05, 4.69) is 17.1 Å². The van der Waals surface area contributed by atoms with E-state index in [0.717, 1.165) is 0 Å². The molecule has 1 heterocycles. The summed E-state index contributed by atoms with van der Waals surface area (Å²) < 4.78 is 0. The highest BCUT2D eigenvalue weighted by Crippen LogP contribution is 2.08. The summed E-state index contributed by atoms with van der Waals surface area (Å²) in [4.78, 5) is 0. The summed E-state index contributed by atoms with van der Waals surface area (Å²) in [7, 11) is 0. The van der Waals surface area contributed by atoms with Crippen LogP contribution in [0.5, 0.6) is 0 Å². The molecule has 0 saturated heterocycles. The third-order valence-corrected chi connectivity index (χ3v) is 2.37. The standard InChI is InChI=1S/C11H20N2/c1-2-3-4-5-6-7-8-11-9-12-13-10-11/h9-10H,2-8H2,1H3,(H,12,13). The molecule has 1 aromatic heterocycles. The molecule has 0 unspecified atom stereocenters. The van der Waals surface area contributed by atoms with Crippen LogP contribution in [-0.2, 0) is 6.42 Å². The Labute approximate surface area is 80.7 Å². The van der Waals surface area contributed by atoms with Gasteiger partial charge >= 0.3 is 0 Å². The third kappa shape index (κ3) is 4.71. The number of aromatic amines is 1. The van der Waals surface area contributed by atoms with Crippen LogP contribution in [-0.4, -0.2) is 10.2 Å². The molecule has 0 radical (unpaired) electrons. The second-order valence-corrected chi connectivity index (χ2v) is 3.62.